The molecule has 0 saturated carbocycles. The van der Waals surface area contributed by atoms with Crippen molar-refractivity contribution in [2.24, 2.45) is 0 Å². The highest BCUT2D eigenvalue weighted by Gasteiger charge is 2.26. The van der Waals surface area contributed by atoms with Crippen LogP contribution in [-0.2, 0) is 12.8 Å². The Bertz CT molecular complexity index is 882. The fraction of sp³-hybridized carbons (Fsp3) is 0.348. The highest BCUT2D eigenvalue weighted by atomic mass is 14.3. The summed E-state index contributed by atoms with van der Waals surface area (Å²) in [6.45, 7) is 4.38. The molecule has 1 nitrogen and oxygen atoms in total. The first-order chi connectivity index (χ1) is 11.7. The van der Waals surface area contributed by atoms with E-state index in [1.807, 2.05) is 0 Å². The summed E-state index contributed by atoms with van der Waals surface area (Å²) < 4.78 is 0. The summed E-state index contributed by atoms with van der Waals surface area (Å²) >= 11 is 0. The minimum Gasteiger partial charge on any atom is -0.193 e. The molecule has 0 fully saturated rings. The predicted molar refractivity (Wildman–Crippen MR) is 100 cm³/mol. The fourth-order valence-electron chi connectivity index (χ4n) is 4.39. The van der Waals surface area contributed by atoms with Crippen LogP contribution in [-0.4, -0.2) is 0 Å². The summed E-state index contributed by atoms with van der Waals surface area (Å²) in [5.74, 6) is 0. The van der Waals surface area contributed by atoms with Crippen molar-refractivity contribution in [1.82, 2.24) is 0 Å². The molecule has 0 atom stereocenters. The van der Waals surface area contributed by atoms with Crippen molar-refractivity contribution in [3.8, 4) is 6.07 Å². The van der Waals surface area contributed by atoms with Crippen LogP contribution in [0.15, 0.2) is 41.5 Å². The third-order valence-corrected chi connectivity index (χ3v) is 5.82. The molecule has 4 rings (SSSR count). The first-order valence-corrected chi connectivity index (χ1v) is 9.03. The van der Waals surface area contributed by atoms with Crippen LogP contribution in [0.1, 0.15) is 60.4 Å². The Kier molecular flexibility index (Phi) is 3.77. The maximum Gasteiger partial charge on any atom is 0.0953 e. The number of nitriles is 1. The zero-order chi connectivity index (χ0) is 16.7. The molecule has 1 aromatic rings. The van der Waals surface area contributed by atoms with Gasteiger partial charge in [0.15, 0.2) is 0 Å². The molecule has 0 spiro atoms. The molecule has 0 bridgehead atoms. The van der Waals surface area contributed by atoms with Crippen molar-refractivity contribution in [3.05, 3.63) is 69.3 Å². The largest absolute Gasteiger partial charge is 0.193 e. The molecule has 0 radical (unpaired) electrons. The van der Waals surface area contributed by atoms with Crippen LogP contribution in [0.2, 0.25) is 0 Å². The van der Waals surface area contributed by atoms with Gasteiger partial charge >= 0.3 is 0 Å². The molecule has 24 heavy (non-hydrogen) atoms. The van der Waals surface area contributed by atoms with Crippen molar-refractivity contribution in [2.45, 2.75) is 52.4 Å². The Morgan fingerprint density at radius 2 is 1.92 bits per heavy atom. The van der Waals surface area contributed by atoms with Crippen LogP contribution in [0.4, 0.5) is 0 Å². The molecule has 0 N–H and O–H groups in total. The van der Waals surface area contributed by atoms with Gasteiger partial charge in [0.1, 0.15) is 0 Å². The number of benzene rings is 1. The molecule has 0 aromatic heterocycles. The Morgan fingerprint density at radius 3 is 2.67 bits per heavy atom. The molecule has 120 valence electrons. The van der Waals surface area contributed by atoms with E-state index < -0.39 is 0 Å². The smallest absolute Gasteiger partial charge is 0.0953 e. The zero-order valence-electron chi connectivity index (χ0n) is 14.6. The molecule has 1 heteroatoms. The van der Waals surface area contributed by atoms with Gasteiger partial charge in [0.25, 0.3) is 0 Å². The van der Waals surface area contributed by atoms with E-state index in [2.05, 4.69) is 50.3 Å². The predicted octanol–water partition coefficient (Wildman–Crippen LogP) is 5.84. The first-order valence-electron chi connectivity index (χ1n) is 9.03. The summed E-state index contributed by atoms with van der Waals surface area (Å²) in [5.41, 5.74) is 12.1. The van der Waals surface area contributed by atoms with Gasteiger partial charge in [0, 0.05) is 12.0 Å². The van der Waals surface area contributed by atoms with Gasteiger partial charge in [-0.25, -0.2) is 0 Å². The maximum absolute atomic E-state index is 9.43. The summed E-state index contributed by atoms with van der Waals surface area (Å²) in [7, 11) is 0. The molecule has 0 aliphatic heterocycles. The third-order valence-electron chi connectivity index (χ3n) is 5.82. The second-order valence-corrected chi connectivity index (χ2v) is 7.11. The monoisotopic (exact) mass is 313 g/mol. The Labute approximate surface area is 144 Å². The van der Waals surface area contributed by atoms with Gasteiger partial charge < -0.3 is 0 Å². The molecule has 0 unspecified atom stereocenters. The summed E-state index contributed by atoms with van der Waals surface area (Å²) in [4.78, 5) is 0. The third kappa shape index (κ3) is 2.29. The van der Waals surface area contributed by atoms with E-state index in [0.29, 0.717) is 0 Å². The number of hydrogen-bond donors (Lipinski definition) is 0. The van der Waals surface area contributed by atoms with Crippen LogP contribution >= 0.6 is 0 Å². The minimum absolute atomic E-state index is 0.821. The fourth-order valence-corrected chi connectivity index (χ4v) is 4.39. The zero-order valence-corrected chi connectivity index (χ0v) is 14.6. The molecular weight excluding hydrogens is 290 g/mol. The van der Waals surface area contributed by atoms with Gasteiger partial charge in [-0.05, 0) is 96.6 Å². The Balaban J connectivity index is 1.92. The lowest BCUT2D eigenvalue weighted by atomic mass is 9.84. The van der Waals surface area contributed by atoms with Crippen molar-refractivity contribution < 1.29 is 0 Å². The van der Waals surface area contributed by atoms with Crippen LogP contribution in [0.25, 0.3) is 11.1 Å². The lowest BCUT2D eigenvalue weighted by Gasteiger charge is -2.20. The molecule has 1 aromatic carbocycles. The van der Waals surface area contributed by atoms with Gasteiger partial charge in [0.2, 0.25) is 0 Å². The average molecular weight is 313 g/mol. The SMILES string of the molecule is CC1=C(C#N)Cc2c1cc1c(c2C)CCCC=C1C1=CC=CCC1. The highest BCUT2D eigenvalue weighted by molar-refractivity contribution is 5.87. The van der Waals surface area contributed by atoms with Crippen LogP contribution < -0.4 is 0 Å². The second-order valence-electron chi connectivity index (χ2n) is 7.11. The van der Waals surface area contributed by atoms with Crippen LogP contribution in [0.3, 0.4) is 0 Å². The molecule has 0 heterocycles. The van der Waals surface area contributed by atoms with Gasteiger partial charge in [-0.3, -0.25) is 0 Å². The number of allylic oxidation sites excluding steroid dienone is 8. The molecule has 3 aliphatic rings. The van der Waals surface area contributed by atoms with E-state index in [1.54, 1.807) is 0 Å². The maximum atomic E-state index is 9.43. The van der Waals surface area contributed by atoms with Crippen LogP contribution in [0.5, 0.6) is 0 Å². The molecule has 3 aliphatic carbocycles. The number of hydrogen-bond acceptors (Lipinski definition) is 1. The summed E-state index contributed by atoms with van der Waals surface area (Å²) in [5, 5.41) is 9.43. The number of rotatable bonds is 1. The molecule has 0 saturated heterocycles. The van der Waals surface area contributed by atoms with E-state index in [1.165, 1.54) is 51.0 Å². The van der Waals surface area contributed by atoms with E-state index >= 15 is 0 Å². The van der Waals surface area contributed by atoms with E-state index in [4.69, 9.17) is 0 Å². The van der Waals surface area contributed by atoms with Crippen LogP contribution in [0, 0.1) is 18.3 Å². The molecule has 0 amide bonds. The van der Waals surface area contributed by atoms with Crippen molar-refractivity contribution in [1.29, 1.82) is 5.26 Å². The lowest BCUT2D eigenvalue weighted by molar-refractivity contribution is 0.843. The highest BCUT2D eigenvalue weighted by Crippen LogP contribution is 2.42. The van der Waals surface area contributed by atoms with Gasteiger partial charge in [-0.1, -0.05) is 24.3 Å². The summed E-state index contributed by atoms with van der Waals surface area (Å²) in [6, 6.07) is 4.79. The lowest BCUT2D eigenvalue weighted by Crippen LogP contribution is -2.03. The standard InChI is InChI=1S/C23H23N/c1-15-18(14-24)12-21-16(2)19-10-6-7-11-20(23(19)13-22(15)21)17-8-4-3-5-9-17/h3-4,8,11,13H,5-7,9-10,12H2,1-2H3. The van der Waals surface area contributed by atoms with Gasteiger partial charge in [-0.2, -0.15) is 5.26 Å². The second kappa shape index (κ2) is 5.95. The average Bonchev–Trinajstić information content (AvgIpc) is 2.80. The van der Waals surface area contributed by atoms with Gasteiger partial charge in [0.05, 0.1) is 6.07 Å². The van der Waals surface area contributed by atoms with Crippen molar-refractivity contribution in [2.75, 3.05) is 0 Å². The summed E-state index contributed by atoms with van der Waals surface area (Å²) in [6.07, 6.45) is 15.8. The van der Waals surface area contributed by atoms with Crippen molar-refractivity contribution >= 4 is 11.1 Å². The Morgan fingerprint density at radius 1 is 1.04 bits per heavy atom. The van der Waals surface area contributed by atoms with E-state index in [0.717, 1.165) is 37.7 Å². The topological polar surface area (TPSA) is 23.8 Å². The van der Waals surface area contributed by atoms with Crippen molar-refractivity contribution in [3.63, 3.8) is 0 Å². The normalized spacial score (nSPS) is 19.2. The number of nitrogens with zero attached hydrogens (tertiary/aromatic N) is 1. The minimum atomic E-state index is 0.821. The first kappa shape index (κ1) is 15.2. The number of fused-ring (bicyclic) bond motifs is 2. The Hall–Kier alpha value is -2.33. The quantitative estimate of drug-likeness (QED) is 0.638. The molecular formula is C23H23N. The van der Waals surface area contributed by atoms with E-state index in [9.17, 15) is 5.26 Å². The van der Waals surface area contributed by atoms with Gasteiger partial charge in [-0.15, -0.1) is 0 Å². The van der Waals surface area contributed by atoms with E-state index in [-0.39, 0.29) is 0 Å².